The van der Waals surface area contributed by atoms with Crippen molar-refractivity contribution in [2.75, 3.05) is 20.8 Å². The summed E-state index contributed by atoms with van der Waals surface area (Å²) in [6, 6.07) is 0. The van der Waals surface area contributed by atoms with Gasteiger partial charge in [0.15, 0.2) is 6.29 Å². The van der Waals surface area contributed by atoms with Crippen LogP contribution in [0.25, 0.3) is 0 Å². The molecule has 2 unspecified atom stereocenters. The largest absolute Gasteiger partial charge is 0.497 e. The van der Waals surface area contributed by atoms with Crippen LogP contribution in [-0.2, 0) is 18.9 Å². The highest BCUT2D eigenvalue weighted by Gasteiger charge is 2.22. The Bertz CT molecular complexity index is 344. The predicted octanol–water partition coefficient (Wildman–Crippen LogP) is 3.04. The van der Waals surface area contributed by atoms with Crippen molar-refractivity contribution < 1.29 is 18.9 Å². The van der Waals surface area contributed by atoms with Gasteiger partial charge in [0.1, 0.15) is 5.76 Å². The summed E-state index contributed by atoms with van der Waals surface area (Å²) in [5.74, 6) is 0.870. The van der Waals surface area contributed by atoms with Crippen LogP contribution < -0.4 is 0 Å². The van der Waals surface area contributed by atoms with Gasteiger partial charge in [-0.05, 0) is 44.9 Å². The van der Waals surface area contributed by atoms with E-state index in [-0.39, 0.29) is 18.5 Å². The van der Waals surface area contributed by atoms with Crippen molar-refractivity contribution in [3.05, 3.63) is 23.0 Å². The van der Waals surface area contributed by atoms with Crippen molar-refractivity contribution in [1.29, 1.82) is 0 Å². The molecule has 0 saturated carbocycles. The molecule has 0 bridgehead atoms. The topological polar surface area (TPSA) is 36.9 Å². The fraction of sp³-hybridized carbons (Fsp3) is 0.733. The van der Waals surface area contributed by atoms with Crippen LogP contribution in [-0.4, -0.2) is 39.3 Å². The summed E-state index contributed by atoms with van der Waals surface area (Å²) in [5.41, 5.74) is 2.29. The SMILES string of the molecule is COC1=C(C)C(OC)CC(COC(C)OC(C)C)=C1. The Hall–Kier alpha value is -0.840. The molecule has 0 heterocycles. The molecule has 0 aromatic rings. The summed E-state index contributed by atoms with van der Waals surface area (Å²) < 4.78 is 22.1. The molecule has 0 fully saturated rings. The van der Waals surface area contributed by atoms with E-state index >= 15 is 0 Å². The highest BCUT2D eigenvalue weighted by atomic mass is 16.7. The van der Waals surface area contributed by atoms with Crippen LogP contribution in [0, 0.1) is 0 Å². The molecule has 0 radical (unpaired) electrons. The molecule has 1 aliphatic rings. The summed E-state index contributed by atoms with van der Waals surface area (Å²) in [6.45, 7) is 8.47. The summed E-state index contributed by atoms with van der Waals surface area (Å²) in [4.78, 5) is 0. The summed E-state index contributed by atoms with van der Waals surface area (Å²) in [7, 11) is 3.39. The second-order valence-corrected chi connectivity index (χ2v) is 5.05. The van der Waals surface area contributed by atoms with Gasteiger partial charge in [0, 0.05) is 13.5 Å². The zero-order chi connectivity index (χ0) is 14.4. The average molecular weight is 270 g/mol. The molecule has 4 nitrogen and oxygen atoms in total. The number of hydrogen-bond donors (Lipinski definition) is 0. The maximum absolute atomic E-state index is 5.69. The van der Waals surface area contributed by atoms with Crippen LogP contribution >= 0.6 is 0 Å². The van der Waals surface area contributed by atoms with Gasteiger partial charge in [-0.1, -0.05) is 0 Å². The van der Waals surface area contributed by atoms with Crippen molar-refractivity contribution in [2.45, 2.75) is 52.6 Å². The van der Waals surface area contributed by atoms with Crippen molar-refractivity contribution in [3.8, 4) is 0 Å². The molecule has 2 atom stereocenters. The first-order valence-corrected chi connectivity index (χ1v) is 6.72. The molecule has 0 saturated heterocycles. The van der Waals surface area contributed by atoms with Gasteiger partial charge in [0.2, 0.25) is 0 Å². The Morgan fingerprint density at radius 3 is 2.47 bits per heavy atom. The Balaban J connectivity index is 2.59. The molecule has 0 N–H and O–H groups in total. The van der Waals surface area contributed by atoms with E-state index in [0.29, 0.717) is 6.61 Å². The summed E-state index contributed by atoms with van der Waals surface area (Å²) in [5, 5.41) is 0. The maximum Gasteiger partial charge on any atom is 0.155 e. The van der Waals surface area contributed by atoms with Gasteiger partial charge in [-0.2, -0.15) is 0 Å². The number of ether oxygens (including phenoxy) is 4. The van der Waals surface area contributed by atoms with Gasteiger partial charge in [-0.25, -0.2) is 0 Å². The third kappa shape index (κ3) is 4.97. The smallest absolute Gasteiger partial charge is 0.155 e. The van der Waals surface area contributed by atoms with Gasteiger partial charge in [0.05, 0.1) is 25.9 Å². The molecule has 0 aliphatic heterocycles. The van der Waals surface area contributed by atoms with Crippen LogP contribution in [0.5, 0.6) is 0 Å². The fourth-order valence-corrected chi connectivity index (χ4v) is 2.14. The highest BCUT2D eigenvalue weighted by molar-refractivity contribution is 5.32. The van der Waals surface area contributed by atoms with Crippen LogP contribution in [0.15, 0.2) is 23.0 Å². The lowest BCUT2D eigenvalue weighted by atomic mass is 9.95. The van der Waals surface area contributed by atoms with Gasteiger partial charge in [0.25, 0.3) is 0 Å². The van der Waals surface area contributed by atoms with Crippen LogP contribution in [0.2, 0.25) is 0 Å². The lowest BCUT2D eigenvalue weighted by Crippen LogP contribution is -2.23. The lowest BCUT2D eigenvalue weighted by molar-refractivity contribution is -0.146. The summed E-state index contributed by atoms with van der Waals surface area (Å²) >= 11 is 0. The normalized spacial score (nSPS) is 21.6. The average Bonchev–Trinajstić information content (AvgIpc) is 2.36. The first kappa shape index (κ1) is 16.2. The third-order valence-corrected chi connectivity index (χ3v) is 3.13. The first-order valence-electron chi connectivity index (χ1n) is 6.72. The van der Waals surface area contributed by atoms with E-state index in [9.17, 15) is 0 Å². The Labute approximate surface area is 116 Å². The van der Waals surface area contributed by atoms with E-state index in [1.807, 2.05) is 33.8 Å². The minimum absolute atomic E-state index is 0.0693. The molecule has 0 spiro atoms. The Morgan fingerprint density at radius 2 is 1.95 bits per heavy atom. The maximum atomic E-state index is 5.69. The monoisotopic (exact) mass is 270 g/mol. The zero-order valence-electron chi connectivity index (χ0n) is 12.9. The van der Waals surface area contributed by atoms with Crippen LogP contribution in [0.3, 0.4) is 0 Å². The van der Waals surface area contributed by atoms with Gasteiger partial charge >= 0.3 is 0 Å². The van der Waals surface area contributed by atoms with Crippen molar-refractivity contribution in [3.63, 3.8) is 0 Å². The van der Waals surface area contributed by atoms with Crippen molar-refractivity contribution in [2.24, 2.45) is 0 Å². The number of allylic oxidation sites excluding steroid dienone is 1. The number of rotatable bonds is 7. The number of methoxy groups -OCH3 is 2. The zero-order valence-corrected chi connectivity index (χ0v) is 12.9. The fourth-order valence-electron chi connectivity index (χ4n) is 2.14. The molecule has 110 valence electrons. The number of hydrogen-bond acceptors (Lipinski definition) is 4. The van der Waals surface area contributed by atoms with E-state index in [1.165, 1.54) is 0 Å². The lowest BCUT2D eigenvalue weighted by Gasteiger charge is -2.26. The van der Waals surface area contributed by atoms with Gasteiger partial charge < -0.3 is 18.9 Å². The minimum atomic E-state index is -0.208. The van der Waals surface area contributed by atoms with Crippen molar-refractivity contribution in [1.82, 2.24) is 0 Å². The molecule has 0 aromatic heterocycles. The Morgan fingerprint density at radius 1 is 1.26 bits per heavy atom. The molecular formula is C15H26O4. The molecule has 0 aromatic carbocycles. The molecular weight excluding hydrogens is 244 g/mol. The van der Waals surface area contributed by atoms with Crippen molar-refractivity contribution >= 4 is 0 Å². The predicted molar refractivity (Wildman–Crippen MR) is 74.8 cm³/mol. The van der Waals surface area contributed by atoms with Crippen LogP contribution in [0.4, 0.5) is 0 Å². The molecule has 0 amide bonds. The molecule has 4 heteroatoms. The Kier molecular flexibility index (Phi) is 6.55. The summed E-state index contributed by atoms with van der Waals surface area (Å²) in [6.07, 6.45) is 2.90. The highest BCUT2D eigenvalue weighted by Crippen LogP contribution is 2.27. The third-order valence-electron chi connectivity index (χ3n) is 3.13. The van der Waals surface area contributed by atoms with E-state index in [2.05, 4.69) is 0 Å². The van der Waals surface area contributed by atoms with Crippen LogP contribution in [0.1, 0.15) is 34.1 Å². The van der Waals surface area contributed by atoms with E-state index in [0.717, 1.165) is 23.3 Å². The van der Waals surface area contributed by atoms with E-state index < -0.39 is 0 Å². The van der Waals surface area contributed by atoms with E-state index in [1.54, 1.807) is 14.2 Å². The first-order chi connectivity index (χ1) is 8.97. The standard InChI is InChI=1S/C15H26O4/c1-10(2)19-12(4)18-9-13-7-14(16-5)11(3)15(8-13)17-6/h7,10,12,15H,8-9H2,1-6H3. The minimum Gasteiger partial charge on any atom is -0.497 e. The van der Waals surface area contributed by atoms with E-state index in [4.69, 9.17) is 18.9 Å². The second-order valence-electron chi connectivity index (χ2n) is 5.05. The molecule has 19 heavy (non-hydrogen) atoms. The van der Waals surface area contributed by atoms with Gasteiger partial charge in [-0.3, -0.25) is 0 Å². The quantitative estimate of drug-likeness (QED) is 0.666. The second kappa shape index (κ2) is 7.68. The molecule has 1 aliphatic carbocycles. The van der Waals surface area contributed by atoms with Gasteiger partial charge in [-0.15, -0.1) is 0 Å². The molecule has 1 rings (SSSR count).